The van der Waals surface area contributed by atoms with Crippen molar-refractivity contribution in [2.45, 2.75) is 44.5 Å². The van der Waals surface area contributed by atoms with Crippen molar-refractivity contribution in [1.29, 1.82) is 0 Å². The molecule has 2 atom stereocenters. The van der Waals surface area contributed by atoms with Crippen LogP contribution >= 0.6 is 11.8 Å². The van der Waals surface area contributed by atoms with Gasteiger partial charge < -0.3 is 15.7 Å². The molecule has 0 aromatic carbocycles. The number of nitrogens with one attached hydrogen (secondary N) is 2. The topological polar surface area (TPSA) is 98.7 Å². The highest BCUT2D eigenvalue weighted by Crippen LogP contribution is 2.31. The smallest absolute Gasteiger partial charge is 0.327 e. The molecule has 1 aliphatic heterocycles. The van der Waals surface area contributed by atoms with Gasteiger partial charge in [0, 0.05) is 25.3 Å². The van der Waals surface area contributed by atoms with Crippen LogP contribution in [0, 0.1) is 0 Å². The molecule has 1 saturated heterocycles. The summed E-state index contributed by atoms with van der Waals surface area (Å²) in [6, 6.07) is -1.21. The van der Waals surface area contributed by atoms with Gasteiger partial charge in [0.05, 0.1) is 5.37 Å². The molecule has 0 aliphatic carbocycles. The maximum atomic E-state index is 12.1. The number of rotatable bonds is 7. The van der Waals surface area contributed by atoms with Crippen molar-refractivity contribution in [3.05, 3.63) is 0 Å². The minimum Gasteiger partial charge on any atom is -0.480 e. The molecule has 1 fully saturated rings. The Labute approximate surface area is 128 Å². The SMILES string of the molecule is CCCNC(=O)CCNC(=O)N1C(CC)SCC1C(=O)O. The Morgan fingerprint density at radius 1 is 1.24 bits per heavy atom. The first kappa shape index (κ1) is 17.6. The van der Waals surface area contributed by atoms with Crippen LogP contribution in [-0.2, 0) is 9.59 Å². The van der Waals surface area contributed by atoms with E-state index in [0.717, 1.165) is 6.42 Å². The standard InChI is InChI=1S/C13H23N3O4S/c1-3-6-14-10(17)5-7-15-13(20)16-9(12(18)19)8-21-11(16)4-2/h9,11H,3-8H2,1-2H3,(H,14,17)(H,15,20)(H,18,19). The molecule has 7 nitrogen and oxygen atoms in total. The summed E-state index contributed by atoms with van der Waals surface area (Å²) in [6.07, 6.45) is 1.75. The van der Waals surface area contributed by atoms with E-state index in [1.807, 2.05) is 13.8 Å². The highest BCUT2D eigenvalue weighted by molar-refractivity contribution is 8.00. The summed E-state index contributed by atoms with van der Waals surface area (Å²) in [5.41, 5.74) is 0. The molecule has 1 heterocycles. The highest BCUT2D eigenvalue weighted by atomic mass is 32.2. The average Bonchev–Trinajstić information content (AvgIpc) is 2.89. The molecule has 21 heavy (non-hydrogen) atoms. The number of aliphatic carboxylic acids is 1. The van der Waals surface area contributed by atoms with Gasteiger partial charge in [-0.15, -0.1) is 11.8 Å². The molecule has 1 aliphatic rings. The predicted molar refractivity (Wildman–Crippen MR) is 81.1 cm³/mol. The Hall–Kier alpha value is -1.44. The Kier molecular flexibility index (Phi) is 7.35. The highest BCUT2D eigenvalue weighted by Gasteiger charge is 2.40. The van der Waals surface area contributed by atoms with Gasteiger partial charge in [0.2, 0.25) is 5.91 Å². The number of carbonyl (C=O) groups excluding carboxylic acids is 2. The molecular weight excluding hydrogens is 294 g/mol. The molecular formula is C13H23N3O4S. The van der Waals surface area contributed by atoms with Crippen LogP contribution < -0.4 is 10.6 Å². The maximum absolute atomic E-state index is 12.1. The van der Waals surface area contributed by atoms with E-state index in [-0.39, 0.29) is 24.2 Å². The fourth-order valence-corrected chi connectivity index (χ4v) is 3.41. The largest absolute Gasteiger partial charge is 0.480 e. The summed E-state index contributed by atoms with van der Waals surface area (Å²) >= 11 is 1.47. The van der Waals surface area contributed by atoms with Crippen LogP contribution in [-0.4, -0.2) is 58.2 Å². The zero-order valence-electron chi connectivity index (χ0n) is 12.4. The molecule has 0 radical (unpaired) electrons. The molecule has 0 saturated carbocycles. The molecule has 0 aromatic heterocycles. The molecule has 1 rings (SSSR count). The van der Waals surface area contributed by atoms with Gasteiger partial charge >= 0.3 is 12.0 Å². The fourth-order valence-electron chi connectivity index (χ4n) is 2.07. The Bertz CT molecular complexity index is 392. The first-order valence-corrected chi connectivity index (χ1v) is 8.23. The zero-order valence-corrected chi connectivity index (χ0v) is 13.2. The predicted octanol–water partition coefficient (Wildman–Crippen LogP) is 0.850. The summed E-state index contributed by atoms with van der Waals surface area (Å²) in [6.45, 7) is 4.71. The van der Waals surface area contributed by atoms with Crippen molar-refractivity contribution in [1.82, 2.24) is 15.5 Å². The van der Waals surface area contributed by atoms with Crippen molar-refractivity contribution >= 4 is 29.7 Å². The molecule has 2 unspecified atom stereocenters. The lowest BCUT2D eigenvalue weighted by Crippen LogP contribution is -2.50. The van der Waals surface area contributed by atoms with Gasteiger partial charge in [0.15, 0.2) is 0 Å². The van der Waals surface area contributed by atoms with E-state index in [2.05, 4.69) is 10.6 Å². The van der Waals surface area contributed by atoms with Crippen LogP contribution in [0.5, 0.6) is 0 Å². The summed E-state index contributed by atoms with van der Waals surface area (Å²) in [7, 11) is 0. The van der Waals surface area contributed by atoms with E-state index >= 15 is 0 Å². The Morgan fingerprint density at radius 2 is 1.95 bits per heavy atom. The van der Waals surface area contributed by atoms with Crippen molar-refractivity contribution in [2.24, 2.45) is 0 Å². The monoisotopic (exact) mass is 317 g/mol. The normalized spacial score (nSPS) is 21.1. The zero-order chi connectivity index (χ0) is 15.8. The summed E-state index contributed by atoms with van der Waals surface area (Å²) in [4.78, 5) is 36.1. The summed E-state index contributed by atoms with van der Waals surface area (Å²) < 4.78 is 0. The van der Waals surface area contributed by atoms with Crippen molar-refractivity contribution in [3.8, 4) is 0 Å². The van der Waals surface area contributed by atoms with Crippen molar-refractivity contribution in [3.63, 3.8) is 0 Å². The number of hydrogen-bond acceptors (Lipinski definition) is 4. The number of thioether (sulfide) groups is 1. The van der Waals surface area contributed by atoms with E-state index in [9.17, 15) is 14.4 Å². The molecule has 0 spiro atoms. The lowest BCUT2D eigenvalue weighted by molar-refractivity contribution is -0.141. The van der Waals surface area contributed by atoms with E-state index < -0.39 is 18.0 Å². The van der Waals surface area contributed by atoms with Crippen molar-refractivity contribution in [2.75, 3.05) is 18.8 Å². The van der Waals surface area contributed by atoms with Crippen molar-refractivity contribution < 1.29 is 19.5 Å². The molecule has 3 N–H and O–H groups in total. The second kappa shape index (κ2) is 8.76. The average molecular weight is 317 g/mol. The minimum absolute atomic E-state index is 0.116. The lowest BCUT2D eigenvalue weighted by Gasteiger charge is -2.26. The maximum Gasteiger partial charge on any atom is 0.327 e. The molecule has 8 heteroatoms. The minimum atomic E-state index is -0.991. The summed E-state index contributed by atoms with van der Waals surface area (Å²) in [5.74, 6) is -0.706. The van der Waals surface area contributed by atoms with Crippen LogP contribution in [0.3, 0.4) is 0 Å². The third kappa shape index (κ3) is 5.11. The summed E-state index contributed by atoms with van der Waals surface area (Å²) in [5, 5.41) is 14.4. The third-order valence-electron chi connectivity index (χ3n) is 3.16. The van der Waals surface area contributed by atoms with Crippen LogP contribution in [0.4, 0.5) is 4.79 Å². The molecule has 3 amide bonds. The van der Waals surface area contributed by atoms with Gasteiger partial charge in [0.25, 0.3) is 0 Å². The van der Waals surface area contributed by atoms with Crippen LogP contribution in [0.25, 0.3) is 0 Å². The van der Waals surface area contributed by atoms with E-state index in [1.165, 1.54) is 16.7 Å². The fraction of sp³-hybridized carbons (Fsp3) is 0.769. The van der Waals surface area contributed by atoms with Gasteiger partial charge in [-0.25, -0.2) is 9.59 Å². The van der Waals surface area contributed by atoms with Gasteiger partial charge in [-0.3, -0.25) is 9.69 Å². The van der Waals surface area contributed by atoms with E-state index in [0.29, 0.717) is 18.7 Å². The number of nitrogens with zero attached hydrogens (tertiary/aromatic N) is 1. The quantitative estimate of drug-likeness (QED) is 0.646. The van der Waals surface area contributed by atoms with E-state index in [4.69, 9.17) is 5.11 Å². The van der Waals surface area contributed by atoms with Crippen LogP contribution in [0.2, 0.25) is 0 Å². The Morgan fingerprint density at radius 3 is 2.52 bits per heavy atom. The second-order valence-electron chi connectivity index (χ2n) is 4.79. The number of urea groups is 1. The van der Waals surface area contributed by atoms with Crippen LogP contribution in [0.15, 0.2) is 0 Å². The first-order valence-electron chi connectivity index (χ1n) is 7.18. The third-order valence-corrected chi connectivity index (χ3v) is 4.62. The number of carbonyl (C=O) groups is 3. The number of carboxylic acids is 1. The first-order chi connectivity index (χ1) is 10.0. The second-order valence-corrected chi connectivity index (χ2v) is 6.00. The molecule has 120 valence electrons. The van der Waals surface area contributed by atoms with Gasteiger partial charge in [0.1, 0.15) is 6.04 Å². The Balaban J connectivity index is 2.45. The number of hydrogen-bond donors (Lipinski definition) is 3. The number of amides is 3. The van der Waals surface area contributed by atoms with Gasteiger partial charge in [-0.05, 0) is 12.8 Å². The van der Waals surface area contributed by atoms with Crippen LogP contribution in [0.1, 0.15) is 33.1 Å². The molecule has 0 aromatic rings. The van der Waals surface area contributed by atoms with Gasteiger partial charge in [-0.1, -0.05) is 13.8 Å². The van der Waals surface area contributed by atoms with E-state index in [1.54, 1.807) is 0 Å². The van der Waals surface area contributed by atoms with Gasteiger partial charge in [-0.2, -0.15) is 0 Å². The molecule has 0 bridgehead atoms. The number of carboxylic acid groups (broad SMARTS) is 1. The lowest BCUT2D eigenvalue weighted by atomic mass is 10.2.